The van der Waals surface area contributed by atoms with Gasteiger partial charge in [0.1, 0.15) is 0 Å². The first kappa shape index (κ1) is 22.6. The number of piperazine rings is 1. The van der Waals surface area contributed by atoms with Crippen LogP contribution in [-0.4, -0.2) is 53.0 Å². The molecule has 4 nitrogen and oxygen atoms in total. The fourth-order valence-corrected chi connectivity index (χ4v) is 5.74. The Morgan fingerprint density at radius 1 is 0.971 bits per heavy atom. The van der Waals surface area contributed by atoms with Crippen LogP contribution in [0.5, 0.6) is 0 Å². The zero-order chi connectivity index (χ0) is 23.3. The molecule has 4 aromatic rings. The topological polar surface area (TPSA) is 28.5 Å². The summed E-state index contributed by atoms with van der Waals surface area (Å²) in [7, 11) is 2.09. The van der Waals surface area contributed by atoms with Gasteiger partial charge in [-0.25, -0.2) is 0 Å². The van der Waals surface area contributed by atoms with Gasteiger partial charge in [-0.2, -0.15) is 0 Å². The van der Waals surface area contributed by atoms with Crippen molar-refractivity contribution in [3.8, 4) is 0 Å². The summed E-state index contributed by atoms with van der Waals surface area (Å²) in [6, 6.07) is 23.1. The largest absolute Gasteiger partial charge is 0.350 e. The quantitative estimate of drug-likeness (QED) is 0.351. The molecule has 0 spiro atoms. The van der Waals surface area contributed by atoms with E-state index in [9.17, 15) is 4.79 Å². The molecule has 5 rings (SSSR count). The monoisotopic (exact) mass is 469 g/mol. The van der Waals surface area contributed by atoms with Crippen LogP contribution in [0.4, 0.5) is 0 Å². The molecule has 1 amide bonds. The third-order valence-corrected chi connectivity index (χ3v) is 7.75. The van der Waals surface area contributed by atoms with Gasteiger partial charge in [-0.05, 0) is 28.6 Å². The second kappa shape index (κ2) is 10.4. The van der Waals surface area contributed by atoms with Gasteiger partial charge >= 0.3 is 0 Å². The average molecular weight is 470 g/mol. The van der Waals surface area contributed by atoms with E-state index >= 15 is 0 Å². The van der Waals surface area contributed by atoms with Gasteiger partial charge in [-0.1, -0.05) is 66.7 Å². The Bertz CT molecular complexity index is 1250. The standard InChI is InChI=1S/C29H31N3OS/c1-30-22-26(24-12-5-6-13-27(24)30)25(28-14-8-20-34-28)21-29(33)32-18-16-31(17-19-32)15-7-11-23-9-3-2-4-10-23/h2-14,20,22,25H,15-19,21H2,1H3/b11-7+. The number of thiophene rings is 1. The molecule has 5 heteroatoms. The zero-order valence-corrected chi connectivity index (χ0v) is 20.5. The van der Waals surface area contributed by atoms with Gasteiger partial charge in [0.15, 0.2) is 0 Å². The third kappa shape index (κ3) is 5.01. The van der Waals surface area contributed by atoms with Crippen LogP contribution < -0.4 is 0 Å². The first-order valence-corrected chi connectivity index (χ1v) is 12.9. The predicted octanol–water partition coefficient (Wildman–Crippen LogP) is 5.62. The second-order valence-electron chi connectivity index (χ2n) is 8.98. The molecule has 1 aliphatic heterocycles. The number of rotatable bonds is 7. The highest BCUT2D eigenvalue weighted by atomic mass is 32.1. The van der Waals surface area contributed by atoms with Gasteiger partial charge in [-0.15, -0.1) is 11.3 Å². The number of fused-ring (bicyclic) bond motifs is 1. The molecule has 1 unspecified atom stereocenters. The molecule has 0 N–H and O–H groups in total. The maximum atomic E-state index is 13.4. The molecule has 174 valence electrons. The number of aryl methyl sites for hydroxylation is 1. The number of hydrogen-bond acceptors (Lipinski definition) is 3. The number of carbonyl (C=O) groups excluding carboxylic acids is 1. The third-order valence-electron chi connectivity index (χ3n) is 6.77. The van der Waals surface area contributed by atoms with Crippen LogP contribution in [0.1, 0.15) is 28.3 Å². The SMILES string of the molecule is Cn1cc(C(CC(=O)N2CCN(C/C=C/c3ccccc3)CC2)c2cccs2)c2ccccc21. The van der Waals surface area contributed by atoms with E-state index in [0.717, 1.165) is 32.7 Å². The summed E-state index contributed by atoms with van der Waals surface area (Å²) in [6.07, 6.45) is 7.12. The molecule has 1 saturated heterocycles. The Balaban J connectivity index is 1.24. The number of para-hydroxylation sites is 1. The van der Waals surface area contributed by atoms with Crippen LogP contribution in [0.25, 0.3) is 17.0 Å². The molecule has 1 atom stereocenters. The van der Waals surface area contributed by atoms with Gasteiger partial charge in [-0.3, -0.25) is 9.69 Å². The lowest BCUT2D eigenvalue weighted by Gasteiger charge is -2.35. The molecule has 0 radical (unpaired) electrons. The summed E-state index contributed by atoms with van der Waals surface area (Å²) < 4.78 is 2.18. The van der Waals surface area contributed by atoms with Crippen LogP contribution in [0.3, 0.4) is 0 Å². The Morgan fingerprint density at radius 2 is 1.74 bits per heavy atom. The normalized spacial score (nSPS) is 15.9. The number of benzene rings is 2. The Hall–Kier alpha value is -3.15. The van der Waals surface area contributed by atoms with Gasteiger partial charge < -0.3 is 9.47 Å². The maximum absolute atomic E-state index is 13.4. The first-order chi connectivity index (χ1) is 16.7. The smallest absolute Gasteiger partial charge is 0.223 e. The fourth-order valence-electron chi connectivity index (χ4n) is 4.89. The van der Waals surface area contributed by atoms with Gasteiger partial charge in [0, 0.05) is 74.1 Å². The van der Waals surface area contributed by atoms with E-state index in [0.29, 0.717) is 6.42 Å². The van der Waals surface area contributed by atoms with Crippen molar-refractivity contribution in [2.45, 2.75) is 12.3 Å². The summed E-state index contributed by atoms with van der Waals surface area (Å²) in [5.74, 6) is 0.344. The minimum Gasteiger partial charge on any atom is -0.350 e. The van der Waals surface area contributed by atoms with E-state index in [4.69, 9.17) is 0 Å². The number of nitrogens with zero attached hydrogens (tertiary/aromatic N) is 3. The van der Waals surface area contributed by atoms with E-state index < -0.39 is 0 Å². The minimum atomic E-state index is 0.0884. The summed E-state index contributed by atoms with van der Waals surface area (Å²) in [4.78, 5) is 19.2. The maximum Gasteiger partial charge on any atom is 0.223 e. The molecule has 1 fully saturated rings. The Kier molecular flexibility index (Phi) is 6.93. The van der Waals surface area contributed by atoms with Crippen LogP contribution in [0, 0.1) is 0 Å². The molecule has 2 aromatic heterocycles. The summed E-state index contributed by atoms with van der Waals surface area (Å²) >= 11 is 1.74. The highest BCUT2D eigenvalue weighted by molar-refractivity contribution is 7.10. The molecule has 0 saturated carbocycles. The molecule has 1 aliphatic rings. The lowest BCUT2D eigenvalue weighted by Crippen LogP contribution is -2.48. The first-order valence-electron chi connectivity index (χ1n) is 12.0. The van der Waals surface area contributed by atoms with Crippen LogP contribution in [-0.2, 0) is 11.8 Å². The summed E-state index contributed by atoms with van der Waals surface area (Å²) in [5.41, 5.74) is 3.69. The number of hydrogen-bond donors (Lipinski definition) is 0. The Labute approximate surface area is 205 Å². The lowest BCUT2D eigenvalue weighted by molar-refractivity contribution is -0.133. The molecule has 2 aromatic carbocycles. The van der Waals surface area contributed by atoms with Crippen molar-refractivity contribution in [3.05, 3.63) is 100 Å². The highest BCUT2D eigenvalue weighted by Crippen LogP contribution is 2.37. The molecule has 34 heavy (non-hydrogen) atoms. The minimum absolute atomic E-state index is 0.0884. The van der Waals surface area contributed by atoms with Crippen molar-refractivity contribution < 1.29 is 4.79 Å². The van der Waals surface area contributed by atoms with Gasteiger partial charge in [0.2, 0.25) is 5.91 Å². The van der Waals surface area contributed by atoms with E-state index in [1.54, 1.807) is 11.3 Å². The van der Waals surface area contributed by atoms with Crippen LogP contribution >= 0.6 is 11.3 Å². The molecular formula is C29H31N3OS. The second-order valence-corrected chi connectivity index (χ2v) is 9.96. The van der Waals surface area contributed by atoms with Crippen molar-refractivity contribution in [1.82, 2.24) is 14.4 Å². The zero-order valence-electron chi connectivity index (χ0n) is 19.6. The van der Waals surface area contributed by atoms with Crippen molar-refractivity contribution >= 4 is 34.2 Å². The summed E-state index contributed by atoms with van der Waals surface area (Å²) in [6.45, 7) is 4.35. The van der Waals surface area contributed by atoms with Crippen LogP contribution in [0.2, 0.25) is 0 Å². The van der Waals surface area contributed by atoms with E-state index in [1.807, 2.05) is 6.07 Å². The van der Waals surface area contributed by atoms with Gasteiger partial charge in [0.05, 0.1) is 0 Å². The average Bonchev–Trinajstić information content (AvgIpc) is 3.52. The number of amides is 1. The van der Waals surface area contributed by atoms with E-state index in [-0.39, 0.29) is 11.8 Å². The van der Waals surface area contributed by atoms with Crippen molar-refractivity contribution in [3.63, 3.8) is 0 Å². The van der Waals surface area contributed by atoms with E-state index in [2.05, 4.69) is 106 Å². The lowest BCUT2D eigenvalue weighted by atomic mass is 9.93. The molecule has 0 aliphatic carbocycles. The van der Waals surface area contributed by atoms with Gasteiger partial charge in [0.25, 0.3) is 0 Å². The Morgan fingerprint density at radius 3 is 2.50 bits per heavy atom. The predicted molar refractivity (Wildman–Crippen MR) is 142 cm³/mol. The summed E-state index contributed by atoms with van der Waals surface area (Å²) in [5, 5.41) is 3.35. The van der Waals surface area contributed by atoms with Crippen molar-refractivity contribution in [2.24, 2.45) is 7.05 Å². The molecule has 0 bridgehead atoms. The number of carbonyl (C=O) groups is 1. The van der Waals surface area contributed by atoms with E-state index in [1.165, 1.54) is 26.9 Å². The highest BCUT2D eigenvalue weighted by Gasteiger charge is 2.27. The van der Waals surface area contributed by atoms with Crippen molar-refractivity contribution in [2.75, 3.05) is 32.7 Å². The molecular weight excluding hydrogens is 438 g/mol. The van der Waals surface area contributed by atoms with Crippen molar-refractivity contribution in [1.29, 1.82) is 0 Å². The number of aromatic nitrogens is 1. The molecule has 3 heterocycles. The van der Waals surface area contributed by atoms with Crippen LogP contribution in [0.15, 0.2) is 84.4 Å². The fraction of sp³-hybridized carbons (Fsp3) is 0.276.